The molecule has 2 heterocycles. The van der Waals surface area contributed by atoms with Gasteiger partial charge < -0.3 is 19.8 Å². The van der Waals surface area contributed by atoms with Gasteiger partial charge in [0.2, 0.25) is 0 Å². The number of hydrogen-bond acceptors (Lipinski definition) is 6. The van der Waals surface area contributed by atoms with E-state index < -0.39 is 0 Å². The molecule has 0 aliphatic heterocycles. The Morgan fingerprint density at radius 2 is 1.94 bits per heavy atom. The summed E-state index contributed by atoms with van der Waals surface area (Å²) >= 11 is 1.73. The molecule has 1 amide bonds. The number of nitrogens with one attached hydrogen (secondary N) is 3. The van der Waals surface area contributed by atoms with Crippen LogP contribution < -0.4 is 14.8 Å². The molecule has 0 saturated carbocycles. The van der Waals surface area contributed by atoms with Gasteiger partial charge in [0.05, 0.1) is 37.0 Å². The van der Waals surface area contributed by atoms with E-state index in [4.69, 9.17) is 9.47 Å². The van der Waals surface area contributed by atoms with Crippen LogP contribution >= 0.6 is 11.8 Å². The smallest absolute Gasteiger partial charge is 0.269 e. The Kier molecular flexibility index (Phi) is 6.65. The summed E-state index contributed by atoms with van der Waals surface area (Å²) in [6, 6.07) is 14.8. The molecule has 0 aliphatic rings. The molecule has 0 saturated heterocycles. The van der Waals surface area contributed by atoms with Crippen molar-refractivity contribution in [3.63, 3.8) is 0 Å². The maximum Gasteiger partial charge on any atom is 0.269 e. The Labute approximate surface area is 190 Å². The summed E-state index contributed by atoms with van der Waals surface area (Å²) in [5.41, 5.74) is 3.65. The van der Waals surface area contributed by atoms with Crippen LogP contribution in [-0.4, -0.2) is 52.3 Å². The predicted octanol–water partition coefficient (Wildman–Crippen LogP) is 4.19. The van der Waals surface area contributed by atoms with Crippen LogP contribution in [0.4, 0.5) is 0 Å². The lowest BCUT2D eigenvalue weighted by Crippen LogP contribution is -2.30. The van der Waals surface area contributed by atoms with Gasteiger partial charge in [0.15, 0.2) is 11.5 Å². The lowest BCUT2D eigenvalue weighted by molar-refractivity contribution is 0.0929. The van der Waals surface area contributed by atoms with Gasteiger partial charge in [-0.05, 0) is 54.8 Å². The summed E-state index contributed by atoms with van der Waals surface area (Å²) in [4.78, 5) is 21.0. The Morgan fingerprint density at radius 3 is 2.69 bits per heavy atom. The predicted molar refractivity (Wildman–Crippen MR) is 126 cm³/mol. The highest BCUT2D eigenvalue weighted by molar-refractivity contribution is 7.98. The molecule has 4 aromatic rings. The average Bonchev–Trinajstić information content (AvgIpc) is 3.48. The normalized spacial score (nSPS) is 12.0. The lowest BCUT2D eigenvalue weighted by Gasteiger charge is -2.15. The fourth-order valence-corrected chi connectivity index (χ4v) is 3.94. The summed E-state index contributed by atoms with van der Waals surface area (Å²) in [7, 11) is 3.17. The van der Waals surface area contributed by atoms with E-state index in [9.17, 15) is 4.79 Å². The van der Waals surface area contributed by atoms with Gasteiger partial charge in [-0.3, -0.25) is 9.89 Å². The zero-order valence-corrected chi connectivity index (χ0v) is 19.0. The van der Waals surface area contributed by atoms with Crippen molar-refractivity contribution < 1.29 is 14.3 Å². The quantitative estimate of drug-likeness (QED) is 0.352. The number of benzene rings is 2. The highest BCUT2D eigenvalue weighted by Crippen LogP contribution is 2.31. The number of thioether (sulfide) groups is 1. The molecule has 9 heteroatoms. The molecule has 3 N–H and O–H groups in total. The molecule has 0 fully saturated rings. The van der Waals surface area contributed by atoms with Crippen molar-refractivity contribution in [2.24, 2.45) is 0 Å². The van der Waals surface area contributed by atoms with Crippen molar-refractivity contribution in [3.8, 4) is 22.8 Å². The summed E-state index contributed by atoms with van der Waals surface area (Å²) < 4.78 is 10.6. The third kappa shape index (κ3) is 4.57. The fraction of sp³-hybridized carbons (Fsp3) is 0.261. The number of carbonyl (C=O) groups excluding carboxylic acids is 1. The third-order valence-corrected chi connectivity index (χ3v) is 5.80. The number of carbonyl (C=O) groups is 1. The van der Waals surface area contributed by atoms with E-state index in [1.54, 1.807) is 32.0 Å². The summed E-state index contributed by atoms with van der Waals surface area (Å²) in [6.45, 7) is 0. The van der Waals surface area contributed by atoms with Gasteiger partial charge in [-0.15, -0.1) is 0 Å². The minimum absolute atomic E-state index is 0.240. The van der Waals surface area contributed by atoms with Crippen molar-refractivity contribution in [3.05, 3.63) is 60.0 Å². The molecule has 0 radical (unpaired) electrons. The van der Waals surface area contributed by atoms with E-state index in [1.165, 1.54) is 0 Å². The SMILES string of the molecule is COc1ccc(-c2cc(C(=O)NC(CCSC)c3nc4ccccc4[nH]3)[nH]n2)cc1OC. The molecule has 1 atom stereocenters. The second-order valence-electron chi connectivity index (χ2n) is 7.18. The Morgan fingerprint density at radius 1 is 1.12 bits per heavy atom. The van der Waals surface area contributed by atoms with Crippen LogP contribution in [0, 0.1) is 0 Å². The van der Waals surface area contributed by atoms with E-state index in [0.717, 1.165) is 34.6 Å². The van der Waals surface area contributed by atoms with Crippen molar-refractivity contribution in [2.75, 3.05) is 26.2 Å². The Balaban J connectivity index is 1.54. The van der Waals surface area contributed by atoms with E-state index in [1.807, 2.05) is 48.7 Å². The van der Waals surface area contributed by atoms with Crippen LogP contribution in [0.3, 0.4) is 0 Å². The van der Waals surface area contributed by atoms with Gasteiger partial charge >= 0.3 is 0 Å². The van der Waals surface area contributed by atoms with E-state index >= 15 is 0 Å². The van der Waals surface area contributed by atoms with Crippen LogP contribution in [-0.2, 0) is 0 Å². The second-order valence-corrected chi connectivity index (χ2v) is 8.17. The third-order valence-electron chi connectivity index (χ3n) is 5.16. The second kappa shape index (κ2) is 9.78. The van der Waals surface area contributed by atoms with Gasteiger partial charge in [-0.1, -0.05) is 12.1 Å². The van der Waals surface area contributed by atoms with Gasteiger partial charge in [0, 0.05) is 5.56 Å². The first kappa shape index (κ1) is 21.8. The van der Waals surface area contributed by atoms with Gasteiger partial charge in [-0.25, -0.2) is 4.98 Å². The molecule has 1 unspecified atom stereocenters. The zero-order chi connectivity index (χ0) is 22.5. The number of H-pyrrole nitrogens is 2. The molecule has 2 aromatic heterocycles. The molecule has 2 aromatic carbocycles. The van der Waals surface area contributed by atoms with E-state index in [0.29, 0.717) is 22.9 Å². The first-order valence-electron chi connectivity index (χ1n) is 10.1. The van der Waals surface area contributed by atoms with Crippen LogP contribution in [0.1, 0.15) is 28.8 Å². The number of nitrogens with zero attached hydrogens (tertiary/aromatic N) is 2. The van der Waals surface area contributed by atoms with Crippen molar-refractivity contribution in [2.45, 2.75) is 12.5 Å². The largest absolute Gasteiger partial charge is 0.493 e. The molecule has 0 spiro atoms. The summed E-state index contributed by atoms with van der Waals surface area (Å²) in [5, 5.41) is 10.2. The number of methoxy groups -OCH3 is 2. The lowest BCUT2D eigenvalue weighted by atomic mass is 10.1. The van der Waals surface area contributed by atoms with Crippen molar-refractivity contribution in [1.82, 2.24) is 25.5 Å². The molecule has 0 bridgehead atoms. The number of rotatable bonds is 9. The van der Waals surface area contributed by atoms with Crippen LogP contribution in [0.2, 0.25) is 0 Å². The number of fused-ring (bicyclic) bond motifs is 1. The number of aromatic nitrogens is 4. The molecule has 32 heavy (non-hydrogen) atoms. The van der Waals surface area contributed by atoms with Crippen LogP contribution in [0.5, 0.6) is 11.5 Å². The summed E-state index contributed by atoms with van der Waals surface area (Å²) in [6.07, 6.45) is 2.80. The number of para-hydroxylation sites is 2. The van der Waals surface area contributed by atoms with E-state index in [-0.39, 0.29) is 11.9 Å². The van der Waals surface area contributed by atoms with Gasteiger partial charge in [0.1, 0.15) is 11.5 Å². The maximum absolute atomic E-state index is 13.0. The topological polar surface area (TPSA) is 105 Å². The zero-order valence-electron chi connectivity index (χ0n) is 18.1. The molecular weight excluding hydrogens is 426 g/mol. The summed E-state index contributed by atoms with van der Waals surface area (Å²) in [5.74, 6) is 2.62. The molecule has 4 rings (SSSR count). The number of amides is 1. The first-order chi connectivity index (χ1) is 15.6. The Bertz CT molecular complexity index is 1190. The molecule has 0 aliphatic carbocycles. The number of hydrogen-bond donors (Lipinski definition) is 3. The van der Waals surface area contributed by atoms with Gasteiger partial charge in [0.25, 0.3) is 5.91 Å². The van der Waals surface area contributed by atoms with Crippen LogP contribution in [0.15, 0.2) is 48.5 Å². The highest BCUT2D eigenvalue weighted by atomic mass is 32.2. The monoisotopic (exact) mass is 451 g/mol. The average molecular weight is 452 g/mol. The van der Waals surface area contributed by atoms with Crippen molar-refractivity contribution >= 4 is 28.7 Å². The number of ether oxygens (including phenoxy) is 2. The maximum atomic E-state index is 13.0. The van der Waals surface area contributed by atoms with E-state index in [2.05, 4.69) is 25.5 Å². The van der Waals surface area contributed by atoms with Crippen molar-refractivity contribution in [1.29, 1.82) is 0 Å². The molecule has 166 valence electrons. The fourth-order valence-electron chi connectivity index (χ4n) is 3.47. The highest BCUT2D eigenvalue weighted by Gasteiger charge is 2.21. The minimum atomic E-state index is -0.241. The first-order valence-corrected chi connectivity index (χ1v) is 11.5. The standard InChI is InChI=1S/C23H25N5O3S/c1-30-20-9-8-14(12-21(20)31-2)18-13-19(28-27-18)23(29)26-17(10-11-32-3)22-24-15-6-4-5-7-16(15)25-22/h4-9,12-13,17H,10-11H2,1-3H3,(H,24,25)(H,26,29)(H,27,28). The minimum Gasteiger partial charge on any atom is -0.493 e. The molecule has 8 nitrogen and oxygen atoms in total. The molecular formula is C23H25N5O3S. The number of imidazole rings is 1. The van der Waals surface area contributed by atoms with Crippen LogP contribution in [0.25, 0.3) is 22.3 Å². The number of aromatic amines is 2. The van der Waals surface area contributed by atoms with Gasteiger partial charge in [-0.2, -0.15) is 16.9 Å². The Hall–Kier alpha value is -3.46.